The fourth-order valence-electron chi connectivity index (χ4n) is 1.89. The third-order valence-electron chi connectivity index (χ3n) is 2.81. The van der Waals surface area contributed by atoms with Crippen LogP contribution in [0.5, 0.6) is 0 Å². The van der Waals surface area contributed by atoms with Crippen molar-refractivity contribution in [1.29, 1.82) is 0 Å². The van der Waals surface area contributed by atoms with Gasteiger partial charge in [0.05, 0.1) is 10.7 Å². The maximum Gasteiger partial charge on any atom is 0.303 e. The Labute approximate surface area is 142 Å². The molecule has 0 unspecified atom stereocenters. The van der Waals surface area contributed by atoms with Crippen LogP contribution in [0.3, 0.4) is 0 Å². The van der Waals surface area contributed by atoms with Crippen LogP contribution >= 0.6 is 43.5 Å². The second kappa shape index (κ2) is 6.85. The molecule has 0 saturated carbocycles. The lowest BCUT2D eigenvalue weighted by Crippen LogP contribution is -2.02. The van der Waals surface area contributed by atoms with Gasteiger partial charge in [-0.2, -0.15) is 0 Å². The number of rotatable bonds is 4. The van der Waals surface area contributed by atoms with Crippen LogP contribution in [-0.2, 0) is 11.2 Å². The highest BCUT2D eigenvalue weighted by atomic mass is 79.9. The first-order valence-corrected chi connectivity index (χ1v) is 7.87. The lowest BCUT2D eigenvalue weighted by atomic mass is 10.0. The Bertz CT molecular complexity index is 710. The molecule has 0 saturated heterocycles. The molecule has 0 aliphatic rings. The van der Waals surface area contributed by atoms with Crippen molar-refractivity contribution in [2.75, 3.05) is 0 Å². The first kappa shape index (κ1) is 16.4. The lowest BCUT2D eigenvalue weighted by molar-refractivity contribution is -0.136. The van der Waals surface area contributed by atoms with Gasteiger partial charge in [0, 0.05) is 16.5 Å². The zero-order valence-electron chi connectivity index (χ0n) is 10.5. The molecule has 1 aromatic heterocycles. The molecular weight excluding hydrogens is 428 g/mol. The van der Waals surface area contributed by atoms with E-state index >= 15 is 0 Å². The Kier molecular flexibility index (Phi) is 5.35. The van der Waals surface area contributed by atoms with E-state index in [1.54, 1.807) is 6.07 Å². The van der Waals surface area contributed by atoms with E-state index in [4.69, 9.17) is 16.7 Å². The summed E-state index contributed by atoms with van der Waals surface area (Å²) in [7, 11) is 0. The number of pyridine rings is 1. The van der Waals surface area contributed by atoms with Crippen molar-refractivity contribution in [3.05, 3.63) is 49.7 Å². The van der Waals surface area contributed by atoms with Crippen molar-refractivity contribution < 1.29 is 14.3 Å². The van der Waals surface area contributed by atoms with Crippen molar-refractivity contribution in [1.82, 2.24) is 4.98 Å². The predicted molar refractivity (Wildman–Crippen MR) is 86.0 cm³/mol. The van der Waals surface area contributed by atoms with Gasteiger partial charge < -0.3 is 5.11 Å². The van der Waals surface area contributed by atoms with E-state index in [-0.39, 0.29) is 11.4 Å². The van der Waals surface area contributed by atoms with E-state index in [0.717, 1.165) is 4.47 Å². The molecule has 2 aromatic rings. The average molecular weight is 437 g/mol. The van der Waals surface area contributed by atoms with Crippen molar-refractivity contribution in [2.45, 2.75) is 12.8 Å². The average Bonchev–Trinajstić information content (AvgIpc) is 2.36. The highest BCUT2D eigenvalue weighted by Crippen LogP contribution is 2.35. The van der Waals surface area contributed by atoms with Gasteiger partial charge in [-0.3, -0.25) is 4.79 Å². The summed E-state index contributed by atoms with van der Waals surface area (Å²) in [6, 6.07) is 5.76. The molecule has 2 rings (SSSR count). The Morgan fingerprint density at radius 3 is 2.67 bits per heavy atom. The zero-order chi connectivity index (χ0) is 15.6. The molecule has 0 radical (unpaired) electrons. The van der Waals surface area contributed by atoms with Crippen LogP contribution in [0, 0.1) is 5.82 Å². The SMILES string of the molecule is O=C(O)CCc1c(Br)cc(Br)nc1-c1ccc(F)cc1Cl. The number of carboxylic acid groups (broad SMARTS) is 1. The number of hydrogen-bond acceptors (Lipinski definition) is 2. The maximum absolute atomic E-state index is 13.2. The van der Waals surface area contributed by atoms with Gasteiger partial charge in [0.25, 0.3) is 0 Å². The molecule has 0 amide bonds. The van der Waals surface area contributed by atoms with Crippen molar-refractivity contribution in [3.63, 3.8) is 0 Å². The highest BCUT2D eigenvalue weighted by Gasteiger charge is 2.16. The lowest BCUT2D eigenvalue weighted by Gasteiger charge is -2.12. The quantitative estimate of drug-likeness (QED) is 0.679. The molecule has 1 aromatic carbocycles. The summed E-state index contributed by atoms with van der Waals surface area (Å²) in [5.41, 5.74) is 1.80. The molecular formula is C14H9Br2ClFNO2. The second-order valence-electron chi connectivity index (χ2n) is 4.27. The van der Waals surface area contributed by atoms with Crippen LogP contribution in [0.1, 0.15) is 12.0 Å². The Morgan fingerprint density at radius 2 is 2.05 bits per heavy atom. The Hall–Kier alpha value is -0.980. The molecule has 110 valence electrons. The summed E-state index contributed by atoms with van der Waals surface area (Å²) in [5, 5.41) is 9.08. The molecule has 7 heteroatoms. The van der Waals surface area contributed by atoms with Crippen LogP contribution in [-0.4, -0.2) is 16.1 Å². The van der Waals surface area contributed by atoms with Crippen molar-refractivity contribution in [3.8, 4) is 11.3 Å². The number of halogens is 4. The van der Waals surface area contributed by atoms with Gasteiger partial charge in [-0.15, -0.1) is 0 Å². The molecule has 0 fully saturated rings. The number of benzene rings is 1. The minimum Gasteiger partial charge on any atom is -0.481 e. The standard InChI is InChI=1S/C14H9Br2ClFNO2/c15-10-6-12(16)19-14(8(10)3-4-13(20)21)9-2-1-7(18)5-11(9)17/h1-2,5-6H,3-4H2,(H,20,21). The fourth-order valence-corrected chi connectivity index (χ4v) is 3.46. The van der Waals surface area contributed by atoms with E-state index in [0.29, 0.717) is 27.8 Å². The summed E-state index contributed by atoms with van der Waals surface area (Å²) in [6.45, 7) is 0. The highest BCUT2D eigenvalue weighted by molar-refractivity contribution is 9.11. The largest absolute Gasteiger partial charge is 0.481 e. The predicted octanol–water partition coefficient (Wildman–Crippen LogP) is 5.08. The Balaban J connectivity index is 2.57. The fraction of sp³-hybridized carbons (Fsp3) is 0.143. The first-order chi connectivity index (χ1) is 9.88. The molecule has 0 spiro atoms. The number of carboxylic acids is 1. The number of carbonyl (C=O) groups is 1. The summed E-state index contributed by atoms with van der Waals surface area (Å²) in [4.78, 5) is 15.1. The van der Waals surface area contributed by atoms with Gasteiger partial charge in [0.15, 0.2) is 0 Å². The van der Waals surface area contributed by atoms with E-state index < -0.39 is 11.8 Å². The van der Waals surface area contributed by atoms with Gasteiger partial charge in [-0.05, 0) is 52.2 Å². The summed E-state index contributed by atoms with van der Waals surface area (Å²) >= 11 is 12.8. The van der Waals surface area contributed by atoms with Gasteiger partial charge in [0.2, 0.25) is 0 Å². The third-order valence-corrected chi connectivity index (χ3v) is 4.24. The first-order valence-electron chi connectivity index (χ1n) is 5.90. The van der Waals surface area contributed by atoms with E-state index in [1.807, 2.05) is 0 Å². The molecule has 0 bridgehead atoms. The maximum atomic E-state index is 13.2. The minimum absolute atomic E-state index is 0.0340. The number of aromatic nitrogens is 1. The number of aliphatic carboxylic acids is 1. The molecule has 0 aliphatic carbocycles. The zero-order valence-corrected chi connectivity index (χ0v) is 14.5. The molecule has 0 atom stereocenters. The summed E-state index contributed by atoms with van der Waals surface area (Å²) in [5.74, 6) is -1.34. The second-order valence-corrected chi connectivity index (χ2v) is 6.35. The topological polar surface area (TPSA) is 50.2 Å². The van der Waals surface area contributed by atoms with Crippen LogP contribution < -0.4 is 0 Å². The normalized spacial score (nSPS) is 10.7. The third kappa shape index (κ3) is 4.02. The summed E-state index contributed by atoms with van der Waals surface area (Å²) in [6.07, 6.45) is 0.257. The molecule has 21 heavy (non-hydrogen) atoms. The van der Waals surface area contributed by atoms with E-state index in [9.17, 15) is 9.18 Å². The van der Waals surface area contributed by atoms with Crippen LogP contribution in [0.2, 0.25) is 5.02 Å². The number of hydrogen-bond donors (Lipinski definition) is 1. The number of nitrogens with zero attached hydrogens (tertiary/aromatic N) is 1. The molecule has 1 heterocycles. The van der Waals surface area contributed by atoms with Crippen molar-refractivity contribution in [2.24, 2.45) is 0 Å². The van der Waals surface area contributed by atoms with Crippen LogP contribution in [0.15, 0.2) is 33.3 Å². The van der Waals surface area contributed by atoms with Gasteiger partial charge in [-0.1, -0.05) is 27.5 Å². The smallest absolute Gasteiger partial charge is 0.303 e. The monoisotopic (exact) mass is 435 g/mol. The minimum atomic E-state index is -0.902. The van der Waals surface area contributed by atoms with Crippen molar-refractivity contribution >= 4 is 49.4 Å². The van der Waals surface area contributed by atoms with Gasteiger partial charge in [0.1, 0.15) is 10.4 Å². The van der Waals surface area contributed by atoms with Crippen LogP contribution in [0.25, 0.3) is 11.3 Å². The van der Waals surface area contributed by atoms with Gasteiger partial charge in [-0.25, -0.2) is 9.37 Å². The van der Waals surface area contributed by atoms with E-state index in [1.165, 1.54) is 18.2 Å². The van der Waals surface area contributed by atoms with Gasteiger partial charge >= 0.3 is 5.97 Å². The van der Waals surface area contributed by atoms with Crippen LogP contribution in [0.4, 0.5) is 4.39 Å². The molecule has 1 N–H and O–H groups in total. The van der Waals surface area contributed by atoms with E-state index in [2.05, 4.69) is 36.8 Å². The molecule has 0 aliphatic heterocycles. The molecule has 3 nitrogen and oxygen atoms in total. The Morgan fingerprint density at radius 1 is 1.33 bits per heavy atom. The summed E-state index contributed by atoms with van der Waals surface area (Å²) < 4.78 is 14.5.